The average Bonchev–Trinajstić information content (AvgIpc) is 2.92. The third kappa shape index (κ3) is 3.19. The molecule has 1 heterocycles. The smallest absolute Gasteiger partial charge is 0.373 e. The van der Waals surface area contributed by atoms with E-state index in [1.165, 1.54) is 13.2 Å². The SMILES string of the molecule is COC(=O)c1ccc(C(C)Nc2ccc(Br)c(F)c2)o1. The summed E-state index contributed by atoms with van der Waals surface area (Å²) in [4.78, 5) is 11.3. The molecule has 0 saturated heterocycles. The fraction of sp³-hybridized carbons (Fsp3) is 0.214. The molecule has 20 heavy (non-hydrogen) atoms. The second kappa shape index (κ2) is 6.09. The Kier molecular flexibility index (Phi) is 4.44. The largest absolute Gasteiger partial charge is 0.463 e. The topological polar surface area (TPSA) is 51.5 Å². The van der Waals surface area contributed by atoms with Gasteiger partial charge in [0.2, 0.25) is 5.76 Å². The summed E-state index contributed by atoms with van der Waals surface area (Å²) < 4.78 is 23.8. The monoisotopic (exact) mass is 341 g/mol. The summed E-state index contributed by atoms with van der Waals surface area (Å²) in [5, 5.41) is 3.09. The first kappa shape index (κ1) is 14.6. The van der Waals surface area contributed by atoms with Crippen LogP contribution in [0.3, 0.4) is 0 Å². The van der Waals surface area contributed by atoms with E-state index in [4.69, 9.17) is 4.42 Å². The molecule has 0 radical (unpaired) electrons. The Balaban J connectivity index is 2.11. The molecule has 0 saturated carbocycles. The number of benzene rings is 1. The van der Waals surface area contributed by atoms with Crippen molar-refractivity contribution >= 4 is 27.6 Å². The van der Waals surface area contributed by atoms with Crippen molar-refractivity contribution in [3.8, 4) is 0 Å². The number of carbonyl (C=O) groups excluding carboxylic acids is 1. The summed E-state index contributed by atoms with van der Waals surface area (Å²) in [5.41, 5.74) is 0.620. The molecular formula is C14H13BrFNO3. The number of furan rings is 1. The van der Waals surface area contributed by atoms with Crippen molar-refractivity contribution in [2.45, 2.75) is 13.0 Å². The number of halogens is 2. The predicted octanol–water partition coefficient (Wildman–Crippen LogP) is 4.14. The van der Waals surface area contributed by atoms with Gasteiger partial charge in [0.25, 0.3) is 0 Å². The second-order valence-electron chi connectivity index (χ2n) is 4.19. The number of methoxy groups -OCH3 is 1. The molecule has 0 bridgehead atoms. The summed E-state index contributed by atoms with van der Waals surface area (Å²) >= 11 is 3.09. The number of nitrogens with one attached hydrogen (secondary N) is 1. The zero-order valence-electron chi connectivity index (χ0n) is 10.9. The second-order valence-corrected chi connectivity index (χ2v) is 5.04. The third-order valence-corrected chi connectivity index (χ3v) is 3.39. The Morgan fingerprint density at radius 1 is 1.40 bits per heavy atom. The van der Waals surface area contributed by atoms with Crippen molar-refractivity contribution in [2.24, 2.45) is 0 Å². The summed E-state index contributed by atoms with van der Waals surface area (Å²) in [7, 11) is 1.29. The van der Waals surface area contributed by atoms with E-state index in [0.29, 0.717) is 15.9 Å². The molecule has 1 aromatic heterocycles. The first-order chi connectivity index (χ1) is 9.51. The van der Waals surface area contributed by atoms with Gasteiger partial charge < -0.3 is 14.5 Å². The van der Waals surface area contributed by atoms with E-state index in [9.17, 15) is 9.18 Å². The van der Waals surface area contributed by atoms with Crippen LogP contribution >= 0.6 is 15.9 Å². The summed E-state index contributed by atoms with van der Waals surface area (Å²) in [6, 6.07) is 7.75. The Hall–Kier alpha value is -1.82. The number of hydrogen-bond donors (Lipinski definition) is 1. The molecule has 2 rings (SSSR count). The molecule has 106 valence electrons. The van der Waals surface area contributed by atoms with Crippen molar-refractivity contribution < 1.29 is 18.3 Å². The van der Waals surface area contributed by atoms with Gasteiger partial charge in [0.15, 0.2) is 0 Å². The van der Waals surface area contributed by atoms with Crippen LogP contribution < -0.4 is 5.32 Å². The number of hydrogen-bond acceptors (Lipinski definition) is 4. The summed E-state index contributed by atoms with van der Waals surface area (Å²) in [5.74, 6) is -0.179. The highest BCUT2D eigenvalue weighted by Crippen LogP contribution is 2.24. The van der Waals surface area contributed by atoms with Crippen LogP contribution in [0, 0.1) is 5.82 Å². The van der Waals surface area contributed by atoms with Crippen LogP contribution in [-0.2, 0) is 4.74 Å². The van der Waals surface area contributed by atoms with Crippen LogP contribution in [0.5, 0.6) is 0 Å². The Labute approximate surface area is 124 Å². The molecule has 0 aliphatic rings. The molecule has 4 nitrogen and oxygen atoms in total. The van der Waals surface area contributed by atoms with Gasteiger partial charge >= 0.3 is 5.97 Å². The lowest BCUT2D eigenvalue weighted by Crippen LogP contribution is -2.06. The van der Waals surface area contributed by atoms with E-state index in [2.05, 4.69) is 26.0 Å². The van der Waals surface area contributed by atoms with E-state index in [0.717, 1.165) is 0 Å². The molecule has 0 fully saturated rings. The average molecular weight is 342 g/mol. The molecule has 0 amide bonds. The summed E-state index contributed by atoms with van der Waals surface area (Å²) in [6.45, 7) is 1.85. The molecule has 1 N–H and O–H groups in total. The lowest BCUT2D eigenvalue weighted by Gasteiger charge is -2.13. The summed E-state index contributed by atoms with van der Waals surface area (Å²) in [6.07, 6.45) is 0. The van der Waals surface area contributed by atoms with Gasteiger partial charge in [-0.1, -0.05) is 0 Å². The molecule has 2 aromatic rings. The van der Waals surface area contributed by atoms with Crippen LogP contribution in [-0.4, -0.2) is 13.1 Å². The van der Waals surface area contributed by atoms with Gasteiger partial charge in [-0.3, -0.25) is 0 Å². The van der Waals surface area contributed by atoms with Crippen LogP contribution in [0.1, 0.15) is 29.3 Å². The molecule has 0 spiro atoms. The number of rotatable bonds is 4. The normalized spacial score (nSPS) is 12.0. The van der Waals surface area contributed by atoms with Gasteiger partial charge in [-0.2, -0.15) is 0 Å². The number of esters is 1. The van der Waals surface area contributed by atoms with Crippen LogP contribution in [0.2, 0.25) is 0 Å². The van der Waals surface area contributed by atoms with E-state index in [1.807, 2.05) is 6.92 Å². The van der Waals surface area contributed by atoms with Gasteiger partial charge in [0.05, 0.1) is 17.6 Å². The standard InChI is InChI=1S/C14H13BrFNO3/c1-8(12-5-6-13(20-12)14(18)19-2)17-9-3-4-10(15)11(16)7-9/h3-8,17H,1-2H3. The molecule has 1 unspecified atom stereocenters. The lowest BCUT2D eigenvalue weighted by atomic mass is 10.2. The van der Waals surface area contributed by atoms with Crippen molar-refractivity contribution in [2.75, 3.05) is 12.4 Å². The minimum Gasteiger partial charge on any atom is -0.463 e. The maximum atomic E-state index is 13.4. The van der Waals surface area contributed by atoms with E-state index in [1.54, 1.807) is 24.3 Å². The fourth-order valence-corrected chi connectivity index (χ4v) is 1.95. The Morgan fingerprint density at radius 3 is 2.80 bits per heavy atom. The van der Waals surface area contributed by atoms with Crippen molar-refractivity contribution in [3.63, 3.8) is 0 Å². The van der Waals surface area contributed by atoms with Crippen LogP contribution in [0.4, 0.5) is 10.1 Å². The van der Waals surface area contributed by atoms with Gasteiger partial charge in [-0.25, -0.2) is 9.18 Å². The first-order valence-electron chi connectivity index (χ1n) is 5.91. The van der Waals surface area contributed by atoms with Gasteiger partial charge in [-0.15, -0.1) is 0 Å². The van der Waals surface area contributed by atoms with E-state index in [-0.39, 0.29) is 17.6 Å². The quantitative estimate of drug-likeness (QED) is 0.849. The van der Waals surface area contributed by atoms with Crippen molar-refractivity contribution in [3.05, 3.63) is 52.1 Å². The lowest BCUT2D eigenvalue weighted by molar-refractivity contribution is 0.0562. The highest BCUT2D eigenvalue weighted by Gasteiger charge is 2.15. The highest BCUT2D eigenvalue weighted by molar-refractivity contribution is 9.10. The predicted molar refractivity (Wildman–Crippen MR) is 76.2 cm³/mol. The van der Waals surface area contributed by atoms with Crippen LogP contribution in [0.25, 0.3) is 0 Å². The van der Waals surface area contributed by atoms with Gasteiger partial charge in [0.1, 0.15) is 11.6 Å². The van der Waals surface area contributed by atoms with E-state index >= 15 is 0 Å². The van der Waals surface area contributed by atoms with Crippen LogP contribution in [0.15, 0.2) is 39.2 Å². The molecule has 1 aromatic carbocycles. The maximum Gasteiger partial charge on any atom is 0.373 e. The van der Waals surface area contributed by atoms with Gasteiger partial charge in [-0.05, 0) is 53.2 Å². The minimum atomic E-state index is -0.530. The Bertz CT molecular complexity index is 627. The zero-order chi connectivity index (χ0) is 14.7. The van der Waals surface area contributed by atoms with Gasteiger partial charge in [0, 0.05) is 5.69 Å². The number of ether oxygens (including phenoxy) is 1. The maximum absolute atomic E-state index is 13.4. The molecule has 6 heteroatoms. The third-order valence-electron chi connectivity index (χ3n) is 2.74. The molecule has 0 aliphatic carbocycles. The molecule has 0 aliphatic heterocycles. The Morgan fingerprint density at radius 2 is 2.15 bits per heavy atom. The van der Waals surface area contributed by atoms with E-state index < -0.39 is 5.97 Å². The highest BCUT2D eigenvalue weighted by atomic mass is 79.9. The molecular weight excluding hydrogens is 329 g/mol. The fourth-order valence-electron chi connectivity index (χ4n) is 1.70. The number of carbonyl (C=O) groups is 1. The van der Waals surface area contributed by atoms with Crippen molar-refractivity contribution in [1.29, 1.82) is 0 Å². The minimum absolute atomic E-state index is 0.137. The number of anilines is 1. The molecule has 1 atom stereocenters. The van der Waals surface area contributed by atoms with Crippen molar-refractivity contribution in [1.82, 2.24) is 0 Å². The first-order valence-corrected chi connectivity index (χ1v) is 6.70. The zero-order valence-corrected chi connectivity index (χ0v) is 12.5.